The number of benzene rings is 2. The maximum Gasteiger partial charge on any atom is 0.243 e. The minimum Gasteiger partial charge on any atom is -0.333 e. The van der Waals surface area contributed by atoms with Gasteiger partial charge in [-0.3, -0.25) is 19.3 Å². The quantitative estimate of drug-likeness (QED) is 0.648. The fourth-order valence-electron chi connectivity index (χ4n) is 3.29. The molecule has 0 aromatic heterocycles. The number of carbonyl (C=O) groups is 3. The Bertz CT molecular complexity index is 925. The Balaban J connectivity index is 1.88. The van der Waals surface area contributed by atoms with E-state index >= 15 is 0 Å². The first kappa shape index (κ1) is 24.1. The lowest BCUT2D eigenvalue weighted by atomic mass is 10.1. The van der Waals surface area contributed by atoms with E-state index in [1.165, 1.54) is 23.6 Å². The summed E-state index contributed by atoms with van der Waals surface area (Å²) in [7, 11) is 1.90. The highest BCUT2D eigenvalue weighted by Crippen LogP contribution is 2.14. The third-order valence-corrected chi connectivity index (χ3v) is 4.90. The average molecular weight is 425 g/mol. The third kappa shape index (κ3) is 7.86. The monoisotopic (exact) mass is 424 g/mol. The molecule has 0 aliphatic heterocycles. The van der Waals surface area contributed by atoms with Crippen molar-refractivity contribution >= 4 is 29.1 Å². The zero-order valence-electron chi connectivity index (χ0n) is 19.0. The van der Waals surface area contributed by atoms with Crippen molar-refractivity contribution in [3.63, 3.8) is 0 Å². The number of rotatable bonds is 9. The second-order valence-corrected chi connectivity index (χ2v) is 7.82. The average Bonchev–Trinajstić information content (AvgIpc) is 2.69. The largest absolute Gasteiger partial charge is 0.333 e. The molecule has 2 N–H and O–H groups in total. The van der Waals surface area contributed by atoms with Gasteiger partial charge in [0, 0.05) is 31.4 Å². The number of hydrogen-bond acceptors (Lipinski definition) is 4. The van der Waals surface area contributed by atoms with E-state index in [2.05, 4.69) is 42.7 Å². The molecule has 31 heavy (non-hydrogen) atoms. The molecule has 0 saturated heterocycles. The van der Waals surface area contributed by atoms with E-state index in [4.69, 9.17) is 0 Å². The summed E-state index contributed by atoms with van der Waals surface area (Å²) in [5.74, 6) is -0.512. The van der Waals surface area contributed by atoms with Crippen LogP contribution in [0.25, 0.3) is 0 Å². The molecule has 3 amide bonds. The molecule has 0 unspecified atom stereocenters. The van der Waals surface area contributed by atoms with Gasteiger partial charge in [0.25, 0.3) is 0 Å². The molecule has 0 saturated carbocycles. The van der Waals surface area contributed by atoms with Crippen LogP contribution in [-0.2, 0) is 20.9 Å². The predicted octanol–water partition coefficient (Wildman–Crippen LogP) is 3.18. The fraction of sp³-hybridized carbons (Fsp3) is 0.375. The lowest BCUT2D eigenvalue weighted by Gasteiger charge is -2.24. The first-order valence-corrected chi connectivity index (χ1v) is 10.4. The minimum absolute atomic E-state index is 0.0137. The number of anilines is 2. The number of likely N-dealkylation sites (N-methyl/N-ethyl adjacent to an activating group) is 2. The Morgan fingerprint density at radius 3 is 2.06 bits per heavy atom. The van der Waals surface area contributed by atoms with Crippen molar-refractivity contribution in [2.24, 2.45) is 0 Å². The second-order valence-electron chi connectivity index (χ2n) is 7.82. The number of aryl methyl sites for hydroxylation is 2. The maximum atomic E-state index is 12.7. The summed E-state index contributed by atoms with van der Waals surface area (Å²) in [6.07, 6.45) is 0. The van der Waals surface area contributed by atoms with Crippen LogP contribution in [0.15, 0.2) is 42.5 Å². The summed E-state index contributed by atoms with van der Waals surface area (Å²) in [5.41, 5.74) is 4.87. The van der Waals surface area contributed by atoms with E-state index < -0.39 is 0 Å². The van der Waals surface area contributed by atoms with Gasteiger partial charge in [0.15, 0.2) is 0 Å². The molecule has 2 rings (SSSR count). The molecule has 0 radical (unpaired) electrons. The molecule has 0 bridgehead atoms. The molecule has 2 aromatic rings. The van der Waals surface area contributed by atoms with Gasteiger partial charge in [-0.05, 0) is 63.2 Å². The van der Waals surface area contributed by atoms with Crippen LogP contribution in [0, 0.1) is 13.8 Å². The topological polar surface area (TPSA) is 81.8 Å². The van der Waals surface area contributed by atoms with Gasteiger partial charge in [-0.15, -0.1) is 0 Å². The van der Waals surface area contributed by atoms with Gasteiger partial charge < -0.3 is 15.5 Å². The van der Waals surface area contributed by atoms with Gasteiger partial charge in [-0.1, -0.05) is 23.8 Å². The van der Waals surface area contributed by atoms with Crippen molar-refractivity contribution in [1.29, 1.82) is 0 Å². The van der Waals surface area contributed by atoms with Crippen molar-refractivity contribution in [3.05, 3.63) is 59.2 Å². The number of amides is 3. The van der Waals surface area contributed by atoms with E-state index in [9.17, 15) is 14.4 Å². The van der Waals surface area contributed by atoms with Crippen LogP contribution >= 0.6 is 0 Å². The first-order chi connectivity index (χ1) is 14.7. The van der Waals surface area contributed by atoms with Crippen molar-refractivity contribution in [3.8, 4) is 0 Å². The molecule has 0 aliphatic rings. The SMILES string of the molecule is CCN(CC(=O)Nc1ccc(NC(C)=O)cc1)C(=O)CN(C)Cc1ccc(C)cc1C. The zero-order valence-corrected chi connectivity index (χ0v) is 19.0. The van der Waals surface area contributed by atoms with Gasteiger partial charge in [0.2, 0.25) is 17.7 Å². The van der Waals surface area contributed by atoms with Gasteiger partial charge in [0.05, 0.1) is 13.1 Å². The standard InChI is InChI=1S/C24H32N4O3/c1-6-28(15-23(30)26-22-11-9-21(10-12-22)25-19(4)29)24(31)16-27(5)14-20-8-7-17(2)13-18(20)3/h7-13H,6,14-16H2,1-5H3,(H,25,29)(H,26,30). The lowest BCUT2D eigenvalue weighted by molar-refractivity contribution is -0.135. The molecule has 0 atom stereocenters. The van der Waals surface area contributed by atoms with Crippen LogP contribution in [0.5, 0.6) is 0 Å². The first-order valence-electron chi connectivity index (χ1n) is 10.4. The molecule has 2 aromatic carbocycles. The summed E-state index contributed by atoms with van der Waals surface area (Å²) < 4.78 is 0. The summed E-state index contributed by atoms with van der Waals surface area (Å²) >= 11 is 0. The molecule has 166 valence electrons. The Morgan fingerprint density at radius 1 is 0.903 bits per heavy atom. The molecule has 0 heterocycles. The van der Waals surface area contributed by atoms with Gasteiger partial charge >= 0.3 is 0 Å². The number of nitrogens with one attached hydrogen (secondary N) is 2. The van der Waals surface area contributed by atoms with Crippen molar-refractivity contribution in [2.75, 3.05) is 37.3 Å². The van der Waals surface area contributed by atoms with Crippen LogP contribution in [0.2, 0.25) is 0 Å². The van der Waals surface area contributed by atoms with E-state index in [-0.39, 0.29) is 30.8 Å². The number of hydrogen-bond donors (Lipinski definition) is 2. The highest BCUT2D eigenvalue weighted by molar-refractivity contribution is 5.95. The zero-order chi connectivity index (χ0) is 23.0. The van der Waals surface area contributed by atoms with Crippen LogP contribution in [0.3, 0.4) is 0 Å². The van der Waals surface area contributed by atoms with Crippen LogP contribution < -0.4 is 10.6 Å². The molecule has 7 heteroatoms. The summed E-state index contributed by atoms with van der Waals surface area (Å²) in [6, 6.07) is 13.1. The summed E-state index contributed by atoms with van der Waals surface area (Å²) in [4.78, 5) is 39.7. The fourth-order valence-corrected chi connectivity index (χ4v) is 3.29. The molecule has 7 nitrogen and oxygen atoms in total. The van der Waals surface area contributed by atoms with E-state index in [1.807, 2.05) is 18.9 Å². The van der Waals surface area contributed by atoms with Gasteiger partial charge in [0.1, 0.15) is 0 Å². The Morgan fingerprint density at radius 2 is 1.52 bits per heavy atom. The van der Waals surface area contributed by atoms with Crippen molar-refractivity contribution < 1.29 is 14.4 Å². The Labute approximate surface area is 184 Å². The molecular formula is C24H32N4O3. The molecule has 0 fully saturated rings. The molecule has 0 aliphatic carbocycles. The van der Waals surface area contributed by atoms with Crippen LogP contribution in [0.1, 0.15) is 30.5 Å². The van der Waals surface area contributed by atoms with Crippen molar-refractivity contribution in [1.82, 2.24) is 9.80 Å². The summed E-state index contributed by atoms with van der Waals surface area (Å²) in [6.45, 7) is 8.77. The minimum atomic E-state index is -0.264. The van der Waals surface area contributed by atoms with E-state index in [1.54, 1.807) is 29.2 Å². The van der Waals surface area contributed by atoms with Gasteiger partial charge in [-0.25, -0.2) is 0 Å². The highest BCUT2D eigenvalue weighted by atomic mass is 16.2. The van der Waals surface area contributed by atoms with E-state index in [0.29, 0.717) is 24.5 Å². The van der Waals surface area contributed by atoms with Crippen LogP contribution in [-0.4, -0.2) is 54.2 Å². The third-order valence-electron chi connectivity index (χ3n) is 4.90. The Kier molecular flexibility index (Phi) is 8.75. The Hall–Kier alpha value is -3.19. The highest BCUT2D eigenvalue weighted by Gasteiger charge is 2.18. The predicted molar refractivity (Wildman–Crippen MR) is 124 cm³/mol. The maximum absolute atomic E-state index is 12.7. The van der Waals surface area contributed by atoms with Crippen LogP contribution in [0.4, 0.5) is 11.4 Å². The number of nitrogens with zero attached hydrogens (tertiary/aromatic N) is 2. The lowest BCUT2D eigenvalue weighted by Crippen LogP contribution is -2.42. The molecule has 0 spiro atoms. The smallest absolute Gasteiger partial charge is 0.243 e. The van der Waals surface area contributed by atoms with Crippen molar-refractivity contribution in [2.45, 2.75) is 34.2 Å². The number of carbonyl (C=O) groups excluding carboxylic acids is 3. The molecular weight excluding hydrogens is 392 g/mol. The normalized spacial score (nSPS) is 10.6. The van der Waals surface area contributed by atoms with E-state index in [0.717, 1.165) is 0 Å². The summed E-state index contributed by atoms with van der Waals surface area (Å²) in [5, 5.41) is 5.46. The van der Waals surface area contributed by atoms with Gasteiger partial charge in [-0.2, -0.15) is 0 Å². The second kappa shape index (κ2) is 11.3.